The standard InChI is InChI=1S/C9H17NO3S/c1-9(2,3)14(12,13)10-6-4-8(11)5-7-10/h4,6,8,11H,5,7H2,1-3H3. The third kappa shape index (κ3) is 2.09. The van der Waals surface area contributed by atoms with Crippen molar-refractivity contribution in [1.29, 1.82) is 0 Å². The Hall–Kier alpha value is -0.550. The summed E-state index contributed by atoms with van der Waals surface area (Å²) in [6, 6.07) is 0. The van der Waals surface area contributed by atoms with Crippen molar-refractivity contribution in [2.75, 3.05) is 6.54 Å². The van der Waals surface area contributed by atoms with Crippen molar-refractivity contribution in [2.45, 2.75) is 38.0 Å². The molecule has 0 aromatic carbocycles. The zero-order valence-corrected chi connectivity index (χ0v) is 9.58. The summed E-state index contributed by atoms with van der Waals surface area (Å²) in [5, 5.41) is 9.19. The summed E-state index contributed by atoms with van der Waals surface area (Å²) in [6.07, 6.45) is 2.91. The van der Waals surface area contributed by atoms with E-state index in [1.54, 1.807) is 20.8 Å². The fraction of sp³-hybridized carbons (Fsp3) is 0.778. The van der Waals surface area contributed by atoms with E-state index in [1.165, 1.54) is 16.6 Å². The molecule has 4 nitrogen and oxygen atoms in total. The van der Waals surface area contributed by atoms with E-state index < -0.39 is 20.9 Å². The summed E-state index contributed by atoms with van der Waals surface area (Å²) in [4.78, 5) is 0. The smallest absolute Gasteiger partial charge is 0.239 e. The molecule has 1 heterocycles. The van der Waals surface area contributed by atoms with Crippen LogP contribution in [0.3, 0.4) is 0 Å². The molecule has 0 aromatic heterocycles. The number of aliphatic hydroxyl groups excluding tert-OH is 1. The lowest BCUT2D eigenvalue weighted by Crippen LogP contribution is -2.42. The van der Waals surface area contributed by atoms with Gasteiger partial charge in [0.25, 0.3) is 0 Å². The molecular formula is C9H17NO3S. The van der Waals surface area contributed by atoms with Crippen molar-refractivity contribution in [3.8, 4) is 0 Å². The van der Waals surface area contributed by atoms with E-state index in [9.17, 15) is 13.5 Å². The van der Waals surface area contributed by atoms with Crippen LogP contribution in [-0.2, 0) is 10.0 Å². The Morgan fingerprint density at radius 1 is 1.43 bits per heavy atom. The van der Waals surface area contributed by atoms with Crippen molar-refractivity contribution in [2.24, 2.45) is 0 Å². The van der Waals surface area contributed by atoms with Crippen LogP contribution in [0.5, 0.6) is 0 Å². The lowest BCUT2D eigenvalue weighted by Gasteiger charge is -2.31. The fourth-order valence-electron chi connectivity index (χ4n) is 1.18. The van der Waals surface area contributed by atoms with E-state index in [4.69, 9.17) is 0 Å². The molecule has 0 saturated heterocycles. The largest absolute Gasteiger partial charge is 0.389 e. The maximum absolute atomic E-state index is 11.9. The molecule has 1 unspecified atom stereocenters. The van der Waals surface area contributed by atoms with Crippen LogP contribution in [0.2, 0.25) is 0 Å². The van der Waals surface area contributed by atoms with E-state index in [-0.39, 0.29) is 0 Å². The number of hydrogen-bond acceptors (Lipinski definition) is 3. The number of nitrogens with zero attached hydrogens (tertiary/aromatic N) is 1. The molecule has 1 N–H and O–H groups in total. The van der Waals surface area contributed by atoms with Crippen molar-refractivity contribution >= 4 is 10.0 Å². The van der Waals surface area contributed by atoms with E-state index in [0.29, 0.717) is 13.0 Å². The third-order valence-electron chi connectivity index (χ3n) is 2.20. The van der Waals surface area contributed by atoms with Crippen LogP contribution in [0.15, 0.2) is 12.3 Å². The molecule has 14 heavy (non-hydrogen) atoms. The zero-order chi connectivity index (χ0) is 11.0. The first-order chi connectivity index (χ1) is 6.25. The van der Waals surface area contributed by atoms with E-state index in [0.717, 1.165) is 0 Å². The Morgan fingerprint density at radius 2 is 2.00 bits per heavy atom. The van der Waals surface area contributed by atoms with Crippen LogP contribution in [0, 0.1) is 0 Å². The number of hydrogen-bond donors (Lipinski definition) is 1. The number of rotatable bonds is 1. The minimum Gasteiger partial charge on any atom is -0.389 e. The van der Waals surface area contributed by atoms with Crippen LogP contribution in [-0.4, -0.2) is 35.2 Å². The topological polar surface area (TPSA) is 57.6 Å². The molecule has 82 valence electrons. The maximum Gasteiger partial charge on any atom is 0.239 e. The second-order valence-electron chi connectivity index (χ2n) is 4.43. The minimum atomic E-state index is -3.29. The van der Waals surface area contributed by atoms with Crippen molar-refractivity contribution < 1.29 is 13.5 Å². The monoisotopic (exact) mass is 219 g/mol. The van der Waals surface area contributed by atoms with Gasteiger partial charge in [0.2, 0.25) is 10.0 Å². The Labute approximate surface area is 85.3 Å². The fourth-order valence-corrected chi connectivity index (χ4v) is 2.46. The summed E-state index contributed by atoms with van der Waals surface area (Å²) in [6.45, 7) is 5.36. The van der Waals surface area contributed by atoms with E-state index >= 15 is 0 Å². The molecule has 1 atom stereocenters. The van der Waals surface area contributed by atoms with Crippen molar-refractivity contribution in [1.82, 2.24) is 4.31 Å². The second kappa shape index (κ2) is 3.55. The predicted molar refractivity (Wildman–Crippen MR) is 55.1 cm³/mol. The summed E-state index contributed by atoms with van der Waals surface area (Å²) >= 11 is 0. The molecule has 0 spiro atoms. The van der Waals surface area contributed by atoms with Gasteiger partial charge in [-0.3, -0.25) is 4.31 Å². The van der Waals surface area contributed by atoms with Gasteiger partial charge in [0.05, 0.1) is 10.9 Å². The van der Waals surface area contributed by atoms with E-state index in [2.05, 4.69) is 0 Å². The Balaban J connectivity index is 2.91. The normalized spacial score (nSPS) is 24.0. The summed E-state index contributed by atoms with van der Waals surface area (Å²) in [5.74, 6) is 0. The summed E-state index contributed by atoms with van der Waals surface area (Å²) in [5.41, 5.74) is 0. The molecule has 0 amide bonds. The van der Waals surface area contributed by atoms with Crippen molar-refractivity contribution in [3.63, 3.8) is 0 Å². The third-order valence-corrected chi connectivity index (χ3v) is 4.67. The SMILES string of the molecule is CC(C)(C)S(=O)(=O)N1C=CC(O)CC1. The zero-order valence-electron chi connectivity index (χ0n) is 8.77. The Kier molecular flexibility index (Phi) is 2.92. The molecule has 1 rings (SSSR count). The van der Waals surface area contributed by atoms with Gasteiger partial charge >= 0.3 is 0 Å². The van der Waals surface area contributed by atoms with Gasteiger partial charge in [0.15, 0.2) is 0 Å². The van der Waals surface area contributed by atoms with Gasteiger partial charge in [-0.1, -0.05) is 0 Å². The highest BCUT2D eigenvalue weighted by Gasteiger charge is 2.34. The first-order valence-electron chi connectivity index (χ1n) is 4.63. The molecule has 0 bridgehead atoms. The van der Waals surface area contributed by atoms with Gasteiger partial charge < -0.3 is 5.11 Å². The molecule has 0 aliphatic carbocycles. The maximum atomic E-state index is 11.9. The highest BCUT2D eigenvalue weighted by Crippen LogP contribution is 2.22. The highest BCUT2D eigenvalue weighted by molar-refractivity contribution is 7.90. The van der Waals surface area contributed by atoms with Gasteiger partial charge in [-0.05, 0) is 33.3 Å². The van der Waals surface area contributed by atoms with Gasteiger partial charge in [0.1, 0.15) is 0 Å². The first kappa shape index (κ1) is 11.5. The molecule has 5 heteroatoms. The summed E-state index contributed by atoms with van der Waals surface area (Å²) in [7, 11) is -3.29. The Morgan fingerprint density at radius 3 is 2.36 bits per heavy atom. The highest BCUT2D eigenvalue weighted by atomic mass is 32.2. The van der Waals surface area contributed by atoms with Crippen LogP contribution in [0.25, 0.3) is 0 Å². The van der Waals surface area contributed by atoms with E-state index in [1.807, 2.05) is 0 Å². The number of aliphatic hydroxyl groups is 1. The summed E-state index contributed by atoms with van der Waals surface area (Å²) < 4.78 is 24.3. The average Bonchev–Trinajstić information content (AvgIpc) is 2.03. The number of sulfonamides is 1. The van der Waals surface area contributed by atoms with Gasteiger partial charge in [-0.2, -0.15) is 0 Å². The Bertz CT molecular complexity index is 326. The first-order valence-corrected chi connectivity index (χ1v) is 6.07. The molecule has 0 radical (unpaired) electrons. The predicted octanol–water partition coefficient (Wildman–Crippen LogP) is 0.695. The van der Waals surface area contributed by atoms with Crippen LogP contribution in [0.4, 0.5) is 0 Å². The molecule has 0 aromatic rings. The average molecular weight is 219 g/mol. The quantitative estimate of drug-likeness (QED) is 0.706. The van der Waals surface area contributed by atoms with Crippen LogP contribution >= 0.6 is 0 Å². The van der Waals surface area contributed by atoms with Gasteiger partial charge in [0, 0.05) is 12.7 Å². The molecular weight excluding hydrogens is 202 g/mol. The lowest BCUT2D eigenvalue weighted by molar-refractivity contribution is 0.195. The van der Waals surface area contributed by atoms with Crippen molar-refractivity contribution in [3.05, 3.63) is 12.3 Å². The molecule has 1 aliphatic rings. The second-order valence-corrected chi connectivity index (χ2v) is 7.07. The van der Waals surface area contributed by atoms with Crippen LogP contribution in [0.1, 0.15) is 27.2 Å². The van der Waals surface area contributed by atoms with Gasteiger partial charge in [-0.15, -0.1) is 0 Å². The molecule has 0 saturated carbocycles. The lowest BCUT2D eigenvalue weighted by atomic mass is 10.2. The van der Waals surface area contributed by atoms with Crippen LogP contribution < -0.4 is 0 Å². The minimum absolute atomic E-state index is 0.358. The van der Waals surface area contributed by atoms with Gasteiger partial charge in [-0.25, -0.2) is 8.42 Å². The molecule has 1 aliphatic heterocycles. The molecule has 0 fully saturated rings.